The fourth-order valence-corrected chi connectivity index (χ4v) is 0. The van der Waals surface area contributed by atoms with Gasteiger partial charge in [0, 0.05) is 25.9 Å². The van der Waals surface area contributed by atoms with Gasteiger partial charge in [0.2, 0.25) is 0 Å². The Morgan fingerprint density at radius 1 is 1.67 bits per heavy atom. The minimum absolute atomic E-state index is 0. The SMILES string of the molecule is CCC(C)=O.[Zn]. The van der Waals surface area contributed by atoms with Gasteiger partial charge in [0.15, 0.2) is 0 Å². The Kier molecular flexibility index (Phi) is 8.44. The molecule has 1 nitrogen and oxygen atoms in total. The van der Waals surface area contributed by atoms with Gasteiger partial charge in [-0.1, -0.05) is 6.92 Å². The summed E-state index contributed by atoms with van der Waals surface area (Å²) in [6, 6.07) is 0. The molecule has 0 spiro atoms. The molecule has 0 aliphatic rings. The largest absolute Gasteiger partial charge is 0.300 e. The van der Waals surface area contributed by atoms with Gasteiger partial charge in [-0.15, -0.1) is 0 Å². The van der Waals surface area contributed by atoms with Crippen LogP contribution in [0.25, 0.3) is 0 Å². The third-order valence-corrected chi connectivity index (χ3v) is 0.498. The molecule has 0 heterocycles. The third-order valence-electron chi connectivity index (χ3n) is 0.498. The second kappa shape index (κ2) is 5.29. The summed E-state index contributed by atoms with van der Waals surface area (Å²) in [6.45, 7) is 3.43. The molecule has 0 rings (SSSR count). The Morgan fingerprint density at radius 3 is 1.83 bits per heavy atom. The second-order valence-electron chi connectivity index (χ2n) is 1.06. The van der Waals surface area contributed by atoms with E-state index in [4.69, 9.17) is 0 Å². The first-order chi connectivity index (χ1) is 2.27. The van der Waals surface area contributed by atoms with Gasteiger partial charge in [-0.05, 0) is 6.92 Å². The van der Waals surface area contributed by atoms with Gasteiger partial charge >= 0.3 is 0 Å². The minimum atomic E-state index is 0. The Labute approximate surface area is 50.9 Å². The molecule has 0 aliphatic carbocycles. The fraction of sp³-hybridized carbons (Fsp3) is 0.750. The molecule has 0 atom stereocenters. The molecule has 0 saturated heterocycles. The Bertz CT molecular complexity index is 42.8. The zero-order chi connectivity index (χ0) is 4.28. The second-order valence-corrected chi connectivity index (χ2v) is 1.06. The first kappa shape index (κ1) is 9.57. The standard InChI is InChI=1S/C4H8O.Zn/c1-3-4(2)5;/h3H2,1-2H3;. The van der Waals surface area contributed by atoms with Crippen LogP contribution in [0.1, 0.15) is 20.3 Å². The summed E-state index contributed by atoms with van der Waals surface area (Å²) >= 11 is 0. The topological polar surface area (TPSA) is 17.1 Å². The molecule has 0 radical (unpaired) electrons. The van der Waals surface area contributed by atoms with E-state index < -0.39 is 0 Å². The van der Waals surface area contributed by atoms with Crippen molar-refractivity contribution in [3.05, 3.63) is 0 Å². The molecule has 0 aromatic rings. The maximum absolute atomic E-state index is 9.81. The van der Waals surface area contributed by atoms with Gasteiger partial charge in [0.1, 0.15) is 5.78 Å². The molecule has 2 heteroatoms. The molecule has 32 valence electrons. The first-order valence-corrected chi connectivity index (χ1v) is 1.76. The van der Waals surface area contributed by atoms with Crippen LogP contribution in [-0.2, 0) is 24.3 Å². The maximum Gasteiger partial charge on any atom is 0.129 e. The van der Waals surface area contributed by atoms with Crippen molar-refractivity contribution in [2.45, 2.75) is 20.3 Å². The third kappa shape index (κ3) is 8.85. The smallest absolute Gasteiger partial charge is 0.129 e. The van der Waals surface area contributed by atoms with Crippen molar-refractivity contribution in [1.29, 1.82) is 0 Å². The van der Waals surface area contributed by atoms with E-state index >= 15 is 0 Å². The van der Waals surface area contributed by atoms with Crippen molar-refractivity contribution in [2.75, 3.05) is 0 Å². The molecule has 0 amide bonds. The summed E-state index contributed by atoms with van der Waals surface area (Å²) in [6.07, 6.45) is 0.667. The van der Waals surface area contributed by atoms with E-state index in [-0.39, 0.29) is 25.3 Å². The van der Waals surface area contributed by atoms with Crippen LogP contribution in [0.4, 0.5) is 0 Å². The fourth-order valence-electron chi connectivity index (χ4n) is 0. The summed E-state index contributed by atoms with van der Waals surface area (Å²) < 4.78 is 0. The number of carbonyl (C=O) groups is 1. The maximum atomic E-state index is 9.81. The number of hydrogen-bond donors (Lipinski definition) is 0. The molecule has 0 fully saturated rings. The predicted octanol–water partition coefficient (Wildman–Crippen LogP) is 0.983. The van der Waals surface area contributed by atoms with Crippen molar-refractivity contribution in [2.24, 2.45) is 0 Å². The molecule has 0 saturated carbocycles. The predicted molar refractivity (Wildman–Crippen MR) is 21.0 cm³/mol. The van der Waals surface area contributed by atoms with E-state index in [2.05, 4.69) is 0 Å². The van der Waals surface area contributed by atoms with Crippen LogP contribution in [0.3, 0.4) is 0 Å². The average molecular weight is 137 g/mol. The van der Waals surface area contributed by atoms with Gasteiger partial charge < -0.3 is 4.79 Å². The Balaban J connectivity index is 0. The number of ketones is 1. The van der Waals surface area contributed by atoms with Gasteiger partial charge in [-0.3, -0.25) is 0 Å². The summed E-state index contributed by atoms with van der Waals surface area (Å²) in [4.78, 5) is 9.81. The van der Waals surface area contributed by atoms with E-state index in [9.17, 15) is 4.79 Å². The monoisotopic (exact) mass is 136 g/mol. The van der Waals surface area contributed by atoms with Crippen LogP contribution in [0.15, 0.2) is 0 Å². The van der Waals surface area contributed by atoms with Crippen LogP contribution >= 0.6 is 0 Å². The molecule has 6 heavy (non-hydrogen) atoms. The molecule has 0 N–H and O–H groups in total. The van der Waals surface area contributed by atoms with Crippen LogP contribution in [-0.4, -0.2) is 5.78 Å². The summed E-state index contributed by atoms with van der Waals surface area (Å²) in [5.41, 5.74) is 0. The molecule has 0 unspecified atom stereocenters. The molecule has 0 aromatic heterocycles. The summed E-state index contributed by atoms with van der Waals surface area (Å²) in [5.74, 6) is 0.255. The Morgan fingerprint density at radius 2 is 1.83 bits per heavy atom. The van der Waals surface area contributed by atoms with E-state index in [0.717, 1.165) is 0 Å². The van der Waals surface area contributed by atoms with Gasteiger partial charge in [-0.2, -0.15) is 0 Å². The number of Topliss-reactive ketones (excluding diaryl/α,β-unsaturated/α-hetero) is 1. The average Bonchev–Trinajstić information content (AvgIpc) is 1.38. The molecule has 0 aromatic carbocycles. The molecule has 0 bridgehead atoms. The van der Waals surface area contributed by atoms with Crippen molar-refractivity contribution < 1.29 is 24.3 Å². The quantitative estimate of drug-likeness (QED) is 0.493. The van der Waals surface area contributed by atoms with Gasteiger partial charge in [0.25, 0.3) is 0 Å². The molecular weight excluding hydrogens is 129 g/mol. The minimum Gasteiger partial charge on any atom is -0.300 e. The van der Waals surface area contributed by atoms with Crippen molar-refractivity contribution in [3.8, 4) is 0 Å². The molecular formula is C4H8OZn. The number of carbonyl (C=O) groups excluding carboxylic acids is 1. The van der Waals surface area contributed by atoms with Crippen LogP contribution in [0, 0.1) is 0 Å². The normalized spacial score (nSPS) is 6.33. The van der Waals surface area contributed by atoms with E-state index in [1.165, 1.54) is 0 Å². The van der Waals surface area contributed by atoms with E-state index in [0.29, 0.717) is 6.42 Å². The van der Waals surface area contributed by atoms with E-state index in [1.54, 1.807) is 6.92 Å². The van der Waals surface area contributed by atoms with Crippen LogP contribution in [0.2, 0.25) is 0 Å². The Hall–Kier alpha value is 0.293. The summed E-state index contributed by atoms with van der Waals surface area (Å²) in [5, 5.41) is 0. The zero-order valence-corrected chi connectivity index (χ0v) is 7.29. The molecule has 0 aliphatic heterocycles. The van der Waals surface area contributed by atoms with Crippen LogP contribution < -0.4 is 0 Å². The van der Waals surface area contributed by atoms with Gasteiger partial charge in [-0.25, -0.2) is 0 Å². The number of hydrogen-bond acceptors (Lipinski definition) is 1. The van der Waals surface area contributed by atoms with Crippen LogP contribution in [0.5, 0.6) is 0 Å². The zero-order valence-electron chi connectivity index (χ0n) is 4.32. The first-order valence-electron chi connectivity index (χ1n) is 1.76. The summed E-state index contributed by atoms with van der Waals surface area (Å²) in [7, 11) is 0. The van der Waals surface area contributed by atoms with E-state index in [1.807, 2.05) is 6.92 Å². The van der Waals surface area contributed by atoms with Crippen molar-refractivity contribution >= 4 is 5.78 Å². The number of rotatable bonds is 1. The van der Waals surface area contributed by atoms with Gasteiger partial charge in [0.05, 0.1) is 0 Å². The van der Waals surface area contributed by atoms with Crippen molar-refractivity contribution in [3.63, 3.8) is 0 Å². The van der Waals surface area contributed by atoms with Crippen molar-refractivity contribution in [1.82, 2.24) is 0 Å².